The number of ketones is 2. The van der Waals surface area contributed by atoms with Gasteiger partial charge in [0.15, 0.2) is 11.6 Å². The van der Waals surface area contributed by atoms with E-state index in [-0.39, 0.29) is 35.1 Å². The maximum atomic E-state index is 12.6. The van der Waals surface area contributed by atoms with Crippen molar-refractivity contribution in [3.05, 3.63) is 23.3 Å². The molecule has 0 aromatic rings. The van der Waals surface area contributed by atoms with E-state index in [9.17, 15) is 20.0 Å². The van der Waals surface area contributed by atoms with E-state index in [0.717, 1.165) is 18.4 Å². The first-order valence-electron chi connectivity index (χ1n) is 8.25. The molecule has 0 aromatic carbocycles. The van der Waals surface area contributed by atoms with E-state index in [1.807, 2.05) is 26.8 Å². The third-order valence-electron chi connectivity index (χ3n) is 6.51. The number of aliphatic hydroxyl groups is 1. The third-order valence-corrected chi connectivity index (χ3v) is 6.51. The number of carbonyl (C=O) groups excluding carboxylic acids is 2. The second kappa shape index (κ2) is 4.88. The standard InChI is InChI=1S/C19H23NO3/c1-17(2)14-5-7-19(11-21)6-4-13(22)8-15(19)18(14,3)9-12(10-20)16(17)23/h8-9,14,21H,4-7,11H2,1-3H3/t14-,18-,19+/m0/s1. The van der Waals surface area contributed by atoms with E-state index in [1.165, 1.54) is 0 Å². The van der Waals surface area contributed by atoms with Crippen LogP contribution in [0, 0.1) is 33.5 Å². The molecule has 4 nitrogen and oxygen atoms in total. The number of aliphatic hydroxyl groups excluding tert-OH is 1. The van der Waals surface area contributed by atoms with E-state index >= 15 is 0 Å². The molecule has 0 unspecified atom stereocenters. The van der Waals surface area contributed by atoms with E-state index in [0.29, 0.717) is 12.8 Å². The lowest BCUT2D eigenvalue weighted by Crippen LogP contribution is -2.55. The summed E-state index contributed by atoms with van der Waals surface area (Å²) >= 11 is 0. The second-order valence-electron chi connectivity index (χ2n) is 8.06. The van der Waals surface area contributed by atoms with Gasteiger partial charge < -0.3 is 5.11 Å². The number of hydrogen-bond donors (Lipinski definition) is 1. The van der Waals surface area contributed by atoms with Crippen LogP contribution in [0.25, 0.3) is 0 Å². The summed E-state index contributed by atoms with van der Waals surface area (Å²) < 4.78 is 0. The lowest BCUT2D eigenvalue weighted by molar-refractivity contribution is -0.131. The zero-order valence-electron chi connectivity index (χ0n) is 14.0. The summed E-state index contributed by atoms with van der Waals surface area (Å²) in [6.07, 6.45) is 6.16. The van der Waals surface area contributed by atoms with Gasteiger partial charge in [-0.2, -0.15) is 5.26 Å². The van der Waals surface area contributed by atoms with Gasteiger partial charge in [-0.1, -0.05) is 26.8 Å². The lowest BCUT2D eigenvalue weighted by atomic mass is 9.45. The second-order valence-corrected chi connectivity index (χ2v) is 8.06. The van der Waals surface area contributed by atoms with Crippen LogP contribution in [0.4, 0.5) is 0 Å². The zero-order valence-corrected chi connectivity index (χ0v) is 14.0. The minimum Gasteiger partial charge on any atom is -0.395 e. The van der Waals surface area contributed by atoms with Crippen molar-refractivity contribution in [2.24, 2.45) is 22.2 Å². The number of fused-ring (bicyclic) bond motifs is 3. The van der Waals surface area contributed by atoms with Gasteiger partial charge in [-0.15, -0.1) is 0 Å². The molecule has 4 heteroatoms. The molecule has 0 radical (unpaired) electrons. The average Bonchev–Trinajstić information content (AvgIpc) is 2.52. The number of hydrogen-bond acceptors (Lipinski definition) is 4. The van der Waals surface area contributed by atoms with Crippen molar-refractivity contribution in [2.75, 3.05) is 6.61 Å². The van der Waals surface area contributed by atoms with Crippen LogP contribution in [0.5, 0.6) is 0 Å². The number of nitriles is 1. The van der Waals surface area contributed by atoms with Crippen LogP contribution in [0.15, 0.2) is 23.3 Å². The van der Waals surface area contributed by atoms with Crippen molar-refractivity contribution < 1.29 is 14.7 Å². The first kappa shape index (κ1) is 16.1. The van der Waals surface area contributed by atoms with Gasteiger partial charge in [0.25, 0.3) is 0 Å². The SMILES string of the molecule is CC1(C)C(=O)C(C#N)=C[C@]2(C)C3=CC(=O)CC[C@]3(CO)CC[C@@H]12. The van der Waals surface area contributed by atoms with Gasteiger partial charge in [-0.3, -0.25) is 9.59 Å². The molecule has 3 atom stereocenters. The van der Waals surface area contributed by atoms with Gasteiger partial charge in [0.2, 0.25) is 0 Å². The third kappa shape index (κ3) is 1.99. The van der Waals surface area contributed by atoms with E-state index in [1.54, 1.807) is 12.2 Å². The number of nitrogens with zero attached hydrogens (tertiary/aromatic N) is 1. The minimum absolute atomic E-state index is 0.0124. The van der Waals surface area contributed by atoms with Crippen LogP contribution in [-0.2, 0) is 9.59 Å². The molecule has 0 spiro atoms. The molecule has 0 aromatic heterocycles. The minimum atomic E-state index is -0.641. The van der Waals surface area contributed by atoms with Crippen molar-refractivity contribution >= 4 is 11.6 Å². The van der Waals surface area contributed by atoms with Crippen molar-refractivity contribution in [2.45, 2.75) is 46.5 Å². The summed E-state index contributed by atoms with van der Waals surface area (Å²) in [5, 5.41) is 19.5. The zero-order chi connectivity index (χ0) is 17.0. The molecule has 1 fully saturated rings. The summed E-state index contributed by atoms with van der Waals surface area (Å²) in [6.45, 7) is 5.84. The van der Waals surface area contributed by atoms with Crippen LogP contribution < -0.4 is 0 Å². The molecule has 122 valence electrons. The monoisotopic (exact) mass is 313 g/mol. The first-order chi connectivity index (χ1) is 10.7. The highest BCUT2D eigenvalue weighted by atomic mass is 16.3. The number of Topliss-reactive ketones (excluding diaryl/α,β-unsaturated/α-hetero) is 1. The summed E-state index contributed by atoms with van der Waals surface area (Å²) in [5.74, 6) is 0.00528. The Morgan fingerprint density at radius 3 is 2.61 bits per heavy atom. The Morgan fingerprint density at radius 2 is 2.00 bits per heavy atom. The lowest BCUT2D eigenvalue weighted by Gasteiger charge is -2.58. The Labute approximate surface area is 136 Å². The van der Waals surface area contributed by atoms with Gasteiger partial charge >= 0.3 is 0 Å². The van der Waals surface area contributed by atoms with Crippen molar-refractivity contribution in [1.82, 2.24) is 0 Å². The van der Waals surface area contributed by atoms with Gasteiger partial charge in [-0.25, -0.2) is 0 Å². The summed E-state index contributed by atoms with van der Waals surface area (Å²) in [6, 6.07) is 2.04. The van der Waals surface area contributed by atoms with Crippen LogP contribution in [0.2, 0.25) is 0 Å². The predicted octanol–water partition coefficient (Wildman–Crippen LogP) is 2.73. The highest BCUT2D eigenvalue weighted by Crippen LogP contribution is 2.63. The van der Waals surface area contributed by atoms with Crippen LogP contribution in [-0.4, -0.2) is 23.3 Å². The van der Waals surface area contributed by atoms with E-state index in [2.05, 4.69) is 0 Å². The summed E-state index contributed by atoms with van der Waals surface area (Å²) in [4.78, 5) is 24.7. The highest BCUT2D eigenvalue weighted by molar-refractivity contribution is 6.04. The highest BCUT2D eigenvalue weighted by Gasteiger charge is 2.59. The Balaban J connectivity index is 2.26. The Bertz CT molecular complexity index is 694. The van der Waals surface area contributed by atoms with Gasteiger partial charge in [0, 0.05) is 22.7 Å². The molecule has 1 saturated carbocycles. The van der Waals surface area contributed by atoms with Crippen LogP contribution in [0.3, 0.4) is 0 Å². The molecule has 3 rings (SSSR count). The van der Waals surface area contributed by atoms with Crippen molar-refractivity contribution in [3.8, 4) is 6.07 Å². The molecular weight excluding hydrogens is 290 g/mol. The summed E-state index contributed by atoms with van der Waals surface area (Å²) in [5.41, 5.74) is -0.446. The Hall–Kier alpha value is -1.73. The van der Waals surface area contributed by atoms with Gasteiger partial charge in [0.05, 0.1) is 12.2 Å². The molecule has 23 heavy (non-hydrogen) atoms. The molecule has 0 bridgehead atoms. The molecular formula is C19H23NO3. The fourth-order valence-corrected chi connectivity index (χ4v) is 5.26. The van der Waals surface area contributed by atoms with Crippen molar-refractivity contribution in [3.63, 3.8) is 0 Å². The van der Waals surface area contributed by atoms with E-state index in [4.69, 9.17) is 0 Å². The Morgan fingerprint density at radius 1 is 1.30 bits per heavy atom. The molecule has 0 heterocycles. The normalized spacial score (nSPS) is 38.8. The van der Waals surface area contributed by atoms with Crippen molar-refractivity contribution in [1.29, 1.82) is 5.26 Å². The van der Waals surface area contributed by atoms with Gasteiger partial charge in [0.1, 0.15) is 6.07 Å². The topological polar surface area (TPSA) is 78.2 Å². The van der Waals surface area contributed by atoms with Crippen LogP contribution >= 0.6 is 0 Å². The Kier molecular flexibility index (Phi) is 3.42. The predicted molar refractivity (Wildman–Crippen MR) is 85.2 cm³/mol. The first-order valence-corrected chi connectivity index (χ1v) is 8.25. The molecule has 3 aliphatic rings. The number of carbonyl (C=O) groups is 2. The van der Waals surface area contributed by atoms with Crippen LogP contribution in [0.1, 0.15) is 46.5 Å². The molecule has 1 N–H and O–H groups in total. The molecule has 0 amide bonds. The fourth-order valence-electron chi connectivity index (χ4n) is 5.26. The number of allylic oxidation sites excluding steroid dienone is 3. The molecule has 0 saturated heterocycles. The maximum absolute atomic E-state index is 12.6. The smallest absolute Gasteiger partial charge is 0.178 e. The van der Waals surface area contributed by atoms with Gasteiger partial charge in [-0.05, 0) is 36.8 Å². The fraction of sp³-hybridized carbons (Fsp3) is 0.632. The average molecular weight is 313 g/mol. The molecule has 0 aliphatic heterocycles. The number of rotatable bonds is 1. The quantitative estimate of drug-likeness (QED) is 0.807. The van der Waals surface area contributed by atoms with E-state index < -0.39 is 10.8 Å². The largest absolute Gasteiger partial charge is 0.395 e. The summed E-state index contributed by atoms with van der Waals surface area (Å²) in [7, 11) is 0. The maximum Gasteiger partial charge on any atom is 0.178 e. The molecule has 3 aliphatic carbocycles.